The number of anilines is 2. The third kappa shape index (κ3) is 5.84. The van der Waals surface area contributed by atoms with Crippen LogP contribution in [-0.4, -0.2) is 20.9 Å². The van der Waals surface area contributed by atoms with Gasteiger partial charge in [0.1, 0.15) is 5.75 Å². The molecule has 0 aromatic heterocycles. The predicted octanol–water partition coefficient (Wildman–Crippen LogP) is 4.88. The second kappa shape index (κ2) is 9.32. The molecule has 0 heterocycles. The number of carbonyl (C=O) groups excluding carboxylic acids is 1. The Labute approximate surface area is 184 Å². The minimum atomic E-state index is -3.72. The number of nitrogens with one attached hydrogen (secondary N) is 2. The molecule has 6 nitrogen and oxygen atoms in total. The van der Waals surface area contributed by atoms with Gasteiger partial charge < -0.3 is 10.1 Å². The molecule has 0 bridgehead atoms. The molecule has 1 amide bonds. The van der Waals surface area contributed by atoms with E-state index < -0.39 is 10.0 Å². The van der Waals surface area contributed by atoms with Crippen LogP contribution in [-0.2, 0) is 14.8 Å². The Morgan fingerprint density at radius 2 is 1.63 bits per heavy atom. The second-order valence-corrected chi connectivity index (χ2v) is 9.34. The lowest BCUT2D eigenvalue weighted by atomic mass is 10.1. The van der Waals surface area contributed by atoms with Crippen molar-refractivity contribution in [3.05, 3.63) is 82.3 Å². The van der Waals surface area contributed by atoms with Crippen LogP contribution in [0.25, 0.3) is 0 Å². The van der Waals surface area contributed by atoms with Gasteiger partial charge in [0.05, 0.1) is 4.90 Å². The van der Waals surface area contributed by atoms with E-state index in [9.17, 15) is 13.2 Å². The Morgan fingerprint density at radius 1 is 0.967 bits per heavy atom. The molecule has 0 fully saturated rings. The van der Waals surface area contributed by atoms with Crippen LogP contribution in [0.5, 0.6) is 5.75 Å². The SMILES string of the molecule is Cc1ccc(C)c(NC(=O)COc2ccc(S(=O)(=O)Nc3ccc(Br)cc3)cc2)c1. The van der Waals surface area contributed by atoms with E-state index in [4.69, 9.17) is 4.74 Å². The average Bonchev–Trinajstić information content (AvgIpc) is 2.71. The summed E-state index contributed by atoms with van der Waals surface area (Å²) in [6.07, 6.45) is 0. The first kappa shape index (κ1) is 21.9. The van der Waals surface area contributed by atoms with E-state index in [1.54, 1.807) is 24.3 Å². The molecular weight excluding hydrogens is 468 g/mol. The first-order valence-electron chi connectivity index (χ1n) is 9.11. The smallest absolute Gasteiger partial charge is 0.262 e. The number of carbonyl (C=O) groups is 1. The summed E-state index contributed by atoms with van der Waals surface area (Å²) in [7, 11) is -3.72. The normalized spacial score (nSPS) is 11.0. The van der Waals surface area contributed by atoms with E-state index in [2.05, 4.69) is 26.0 Å². The molecule has 0 saturated heterocycles. The zero-order chi connectivity index (χ0) is 21.7. The number of rotatable bonds is 7. The Morgan fingerprint density at radius 3 is 2.30 bits per heavy atom. The molecule has 3 aromatic rings. The highest BCUT2D eigenvalue weighted by Crippen LogP contribution is 2.21. The number of halogens is 1. The van der Waals surface area contributed by atoms with Crippen LogP contribution < -0.4 is 14.8 Å². The van der Waals surface area contributed by atoms with E-state index >= 15 is 0 Å². The van der Waals surface area contributed by atoms with Gasteiger partial charge in [-0.3, -0.25) is 9.52 Å². The minimum absolute atomic E-state index is 0.0950. The van der Waals surface area contributed by atoms with Crippen LogP contribution in [0.1, 0.15) is 11.1 Å². The molecule has 0 aliphatic carbocycles. The maximum absolute atomic E-state index is 12.5. The standard InChI is InChI=1S/C22H21BrN2O4S/c1-15-3-4-16(2)21(13-15)24-22(26)14-29-19-9-11-20(12-10-19)30(27,28)25-18-7-5-17(23)6-8-18/h3-13,25H,14H2,1-2H3,(H,24,26). The molecule has 156 valence electrons. The first-order chi connectivity index (χ1) is 14.2. The summed E-state index contributed by atoms with van der Waals surface area (Å²) >= 11 is 3.31. The van der Waals surface area contributed by atoms with Crippen molar-refractivity contribution in [3.63, 3.8) is 0 Å². The van der Waals surface area contributed by atoms with Crippen molar-refractivity contribution in [2.75, 3.05) is 16.6 Å². The molecule has 0 atom stereocenters. The third-order valence-corrected chi connectivity index (χ3v) is 6.19. The topological polar surface area (TPSA) is 84.5 Å². The fourth-order valence-corrected chi connectivity index (χ4v) is 3.98. The summed E-state index contributed by atoms with van der Waals surface area (Å²) in [5.74, 6) is 0.103. The molecule has 3 rings (SSSR count). The van der Waals surface area contributed by atoms with E-state index in [-0.39, 0.29) is 17.4 Å². The van der Waals surface area contributed by atoms with E-state index in [0.717, 1.165) is 21.3 Å². The van der Waals surface area contributed by atoms with Crippen molar-refractivity contribution in [1.82, 2.24) is 0 Å². The molecule has 8 heteroatoms. The Hall–Kier alpha value is -2.84. The van der Waals surface area contributed by atoms with Crippen molar-refractivity contribution >= 4 is 43.2 Å². The van der Waals surface area contributed by atoms with Crippen molar-refractivity contribution in [1.29, 1.82) is 0 Å². The second-order valence-electron chi connectivity index (χ2n) is 6.74. The van der Waals surface area contributed by atoms with Gasteiger partial charge in [0.15, 0.2) is 6.61 Å². The zero-order valence-electron chi connectivity index (χ0n) is 16.5. The lowest BCUT2D eigenvalue weighted by molar-refractivity contribution is -0.118. The van der Waals surface area contributed by atoms with Gasteiger partial charge in [-0.25, -0.2) is 8.42 Å². The van der Waals surface area contributed by atoms with Crippen molar-refractivity contribution in [2.45, 2.75) is 18.7 Å². The lowest BCUT2D eigenvalue weighted by Crippen LogP contribution is -2.20. The van der Waals surface area contributed by atoms with Crippen LogP contribution in [0, 0.1) is 13.8 Å². The number of amides is 1. The van der Waals surface area contributed by atoms with Gasteiger partial charge in [0.2, 0.25) is 0 Å². The molecule has 2 N–H and O–H groups in total. The molecule has 3 aromatic carbocycles. The third-order valence-electron chi connectivity index (χ3n) is 4.27. The van der Waals surface area contributed by atoms with Crippen LogP contribution in [0.4, 0.5) is 11.4 Å². The highest BCUT2D eigenvalue weighted by atomic mass is 79.9. The summed E-state index contributed by atoms with van der Waals surface area (Å²) < 4.78 is 33.8. The summed E-state index contributed by atoms with van der Waals surface area (Å²) in [5, 5.41) is 2.81. The Balaban J connectivity index is 1.59. The van der Waals surface area contributed by atoms with Crippen LogP contribution >= 0.6 is 15.9 Å². The average molecular weight is 489 g/mol. The monoisotopic (exact) mass is 488 g/mol. The van der Waals surface area contributed by atoms with Crippen molar-refractivity contribution in [2.24, 2.45) is 0 Å². The maximum Gasteiger partial charge on any atom is 0.262 e. The van der Waals surface area contributed by atoms with Crippen molar-refractivity contribution < 1.29 is 17.9 Å². The fraction of sp³-hybridized carbons (Fsp3) is 0.136. The quantitative estimate of drug-likeness (QED) is 0.495. The number of benzene rings is 3. The number of hydrogen-bond donors (Lipinski definition) is 2. The number of aryl methyl sites for hydroxylation is 2. The molecule has 0 unspecified atom stereocenters. The fourth-order valence-electron chi connectivity index (χ4n) is 2.65. The van der Waals surface area contributed by atoms with E-state index in [0.29, 0.717) is 11.4 Å². The lowest BCUT2D eigenvalue weighted by Gasteiger charge is -2.11. The molecule has 0 saturated carbocycles. The predicted molar refractivity (Wildman–Crippen MR) is 121 cm³/mol. The van der Waals surface area contributed by atoms with Crippen LogP contribution in [0.2, 0.25) is 0 Å². The summed E-state index contributed by atoms with van der Waals surface area (Å²) in [4.78, 5) is 12.3. The van der Waals surface area contributed by atoms with Crippen molar-refractivity contribution in [3.8, 4) is 5.75 Å². The van der Waals surface area contributed by atoms with E-state index in [1.807, 2.05) is 32.0 Å². The first-order valence-corrected chi connectivity index (χ1v) is 11.4. The zero-order valence-corrected chi connectivity index (χ0v) is 18.9. The summed E-state index contributed by atoms with van der Waals surface area (Å²) in [5.41, 5.74) is 3.21. The molecular formula is C22H21BrN2O4S. The van der Waals surface area contributed by atoms with Gasteiger partial charge in [0, 0.05) is 15.8 Å². The molecule has 30 heavy (non-hydrogen) atoms. The highest BCUT2D eigenvalue weighted by molar-refractivity contribution is 9.10. The van der Waals surface area contributed by atoms with Gasteiger partial charge in [-0.1, -0.05) is 28.1 Å². The molecule has 0 aliphatic heterocycles. The number of sulfonamides is 1. The highest BCUT2D eigenvalue weighted by Gasteiger charge is 2.14. The largest absolute Gasteiger partial charge is 0.484 e. The minimum Gasteiger partial charge on any atom is -0.484 e. The van der Waals surface area contributed by atoms with Crippen LogP contribution in [0.15, 0.2) is 76.1 Å². The summed E-state index contributed by atoms with van der Waals surface area (Å²) in [6.45, 7) is 3.68. The van der Waals surface area contributed by atoms with E-state index in [1.165, 1.54) is 24.3 Å². The summed E-state index contributed by atoms with van der Waals surface area (Å²) in [6, 6.07) is 18.5. The number of ether oxygens (including phenoxy) is 1. The Bertz CT molecular complexity index is 1140. The van der Waals surface area contributed by atoms with Gasteiger partial charge in [-0.15, -0.1) is 0 Å². The molecule has 0 spiro atoms. The van der Waals surface area contributed by atoms with Gasteiger partial charge in [-0.05, 0) is 79.6 Å². The number of hydrogen-bond acceptors (Lipinski definition) is 4. The van der Waals surface area contributed by atoms with Gasteiger partial charge in [0.25, 0.3) is 15.9 Å². The van der Waals surface area contributed by atoms with Gasteiger partial charge in [-0.2, -0.15) is 0 Å². The Kier molecular flexibility index (Phi) is 6.79. The maximum atomic E-state index is 12.5. The van der Waals surface area contributed by atoms with Gasteiger partial charge >= 0.3 is 0 Å². The van der Waals surface area contributed by atoms with Crippen LogP contribution in [0.3, 0.4) is 0 Å². The molecule has 0 aliphatic rings. The molecule has 0 radical (unpaired) electrons.